The molecule has 0 aliphatic heterocycles. The van der Waals surface area contributed by atoms with E-state index < -0.39 is 18.6 Å². The Labute approximate surface area is 162 Å². The van der Waals surface area contributed by atoms with Crippen LogP contribution >= 0.6 is 11.6 Å². The minimum atomic E-state index is -4.47. The number of nitrogens with two attached hydrogens (primary N) is 1. The SMILES string of the molecule is CC.CC(C)C.Nc1cc(Cl)c(-c2ccnc(OCC(F)(F)F)c2)cc1F. The summed E-state index contributed by atoms with van der Waals surface area (Å²) < 4.78 is 54.3. The maximum absolute atomic E-state index is 13.5. The summed E-state index contributed by atoms with van der Waals surface area (Å²) >= 11 is 5.95. The van der Waals surface area contributed by atoms with Crippen molar-refractivity contribution < 1.29 is 22.3 Å². The molecule has 0 unspecified atom stereocenters. The molecular weight excluding hydrogens is 384 g/mol. The van der Waals surface area contributed by atoms with Crippen molar-refractivity contribution in [3.05, 3.63) is 41.3 Å². The number of benzene rings is 1. The van der Waals surface area contributed by atoms with Crippen molar-refractivity contribution in [1.29, 1.82) is 0 Å². The van der Waals surface area contributed by atoms with Crippen LogP contribution < -0.4 is 10.5 Å². The Hall–Kier alpha value is -2.02. The van der Waals surface area contributed by atoms with Gasteiger partial charge in [0.15, 0.2) is 6.61 Å². The maximum Gasteiger partial charge on any atom is 0.422 e. The predicted octanol–water partition coefficient (Wildman–Crippen LogP) is 6.75. The van der Waals surface area contributed by atoms with Gasteiger partial charge in [0.1, 0.15) is 5.82 Å². The number of alkyl halides is 3. The Bertz CT molecular complexity index is 704. The molecule has 152 valence electrons. The fourth-order valence-corrected chi connectivity index (χ4v) is 1.88. The van der Waals surface area contributed by atoms with E-state index in [0.717, 1.165) is 12.0 Å². The van der Waals surface area contributed by atoms with Crippen LogP contribution in [-0.4, -0.2) is 17.8 Å². The fraction of sp³-hybridized carbons (Fsp3) is 0.421. The number of hydrogen-bond donors (Lipinski definition) is 1. The van der Waals surface area contributed by atoms with Gasteiger partial charge in [-0.15, -0.1) is 0 Å². The molecular formula is C19H25ClF4N2O. The molecule has 0 aliphatic rings. The fourth-order valence-electron chi connectivity index (χ4n) is 1.60. The first-order valence-electron chi connectivity index (χ1n) is 8.40. The highest BCUT2D eigenvalue weighted by atomic mass is 35.5. The van der Waals surface area contributed by atoms with Gasteiger partial charge in [-0.2, -0.15) is 13.2 Å². The summed E-state index contributed by atoms with van der Waals surface area (Å²) in [5.74, 6) is -0.0814. The van der Waals surface area contributed by atoms with Gasteiger partial charge in [0.05, 0.1) is 10.7 Å². The molecule has 2 aromatic rings. The zero-order valence-corrected chi connectivity index (χ0v) is 16.7. The van der Waals surface area contributed by atoms with Crippen LogP contribution in [0.5, 0.6) is 5.88 Å². The number of ether oxygens (including phenoxy) is 1. The van der Waals surface area contributed by atoms with Crippen LogP contribution in [0.4, 0.5) is 23.2 Å². The maximum atomic E-state index is 13.5. The third-order valence-electron chi connectivity index (χ3n) is 2.52. The van der Waals surface area contributed by atoms with Crippen LogP contribution in [0.3, 0.4) is 0 Å². The number of anilines is 1. The lowest BCUT2D eigenvalue weighted by Crippen LogP contribution is -2.19. The Balaban J connectivity index is 0.000000998. The summed E-state index contributed by atoms with van der Waals surface area (Å²) in [6, 6.07) is 5.03. The molecule has 1 heterocycles. The van der Waals surface area contributed by atoms with Crippen molar-refractivity contribution >= 4 is 17.3 Å². The minimum Gasteiger partial charge on any atom is -0.468 e. The summed E-state index contributed by atoms with van der Waals surface area (Å²) in [6.07, 6.45) is -3.23. The van der Waals surface area contributed by atoms with Crippen molar-refractivity contribution in [2.45, 2.75) is 40.8 Å². The van der Waals surface area contributed by atoms with E-state index in [1.807, 2.05) is 13.8 Å². The van der Waals surface area contributed by atoms with Crippen LogP contribution in [0, 0.1) is 11.7 Å². The molecule has 8 heteroatoms. The van der Waals surface area contributed by atoms with Gasteiger partial charge in [0, 0.05) is 17.8 Å². The topological polar surface area (TPSA) is 48.1 Å². The second-order valence-corrected chi connectivity index (χ2v) is 6.28. The van der Waals surface area contributed by atoms with E-state index >= 15 is 0 Å². The Kier molecular flexibility index (Phi) is 10.8. The monoisotopic (exact) mass is 408 g/mol. The molecule has 0 atom stereocenters. The highest BCUT2D eigenvalue weighted by molar-refractivity contribution is 6.33. The van der Waals surface area contributed by atoms with E-state index in [0.29, 0.717) is 5.56 Å². The summed E-state index contributed by atoms with van der Waals surface area (Å²) in [5, 5.41) is 0.168. The van der Waals surface area contributed by atoms with Gasteiger partial charge in [0.2, 0.25) is 5.88 Å². The molecule has 0 amide bonds. The van der Waals surface area contributed by atoms with Crippen LogP contribution in [0.15, 0.2) is 30.5 Å². The first kappa shape index (κ1) is 25.0. The lowest BCUT2D eigenvalue weighted by Gasteiger charge is -2.10. The van der Waals surface area contributed by atoms with Crippen LogP contribution in [0.25, 0.3) is 11.1 Å². The molecule has 0 saturated carbocycles. The van der Waals surface area contributed by atoms with Gasteiger partial charge < -0.3 is 10.5 Å². The second-order valence-electron chi connectivity index (χ2n) is 5.87. The van der Waals surface area contributed by atoms with E-state index in [-0.39, 0.29) is 22.2 Å². The molecule has 0 radical (unpaired) electrons. The number of aromatic nitrogens is 1. The lowest BCUT2D eigenvalue weighted by molar-refractivity contribution is -0.154. The van der Waals surface area contributed by atoms with Crippen molar-refractivity contribution in [2.75, 3.05) is 12.3 Å². The normalized spacial score (nSPS) is 10.5. The molecule has 1 aromatic carbocycles. The van der Waals surface area contributed by atoms with Crippen molar-refractivity contribution in [1.82, 2.24) is 4.98 Å². The van der Waals surface area contributed by atoms with Gasteiger partial charge in [-0.3, -0.25) is 0 Å². The second kappa shape index (κ2) is 11.6. The van der Waals surface area contributed by atoms with Crippen LogP contribution in [0.1, 0.15) is 34.6 Å². The first-order valence-corrected chi connectivity index (χ1v) is 8.78. The number of hydrogen-bond acceptors (Lipinski definition) is 3. The average Bonchev–Trinajstić information content (AvgIpc) is 2.57. The molecule has 2 N–H and O–H groups in total. The third kappa shape index (κ3) is 10.0. The zero-order valence-electron chi connectivity index (χ0n) is 16.0. The summed E-state index contributed by atoms with van der Waals surface area (Å²) in [6.45, 7) is 9.04. The van der Waals surface area contributed by atoms with Gasteiger partial charge in [0.25, 0.3) is 0 Å². The quantitative estimate of drug-likeness (QED) is 0.451. The van der Waals surface area contributed by atoms with Crippen molar-refractivity contribution in [3.63, 3.8) is 0 Å². The molecule has 0 aliphatic carbocycles. The van der Waals surface area contributed by atoms with Crippen molar-refractivity contribution in [3.8, 4) is 17.0 Å². The van der Waals surface area contributed by atoms with E-state index in [9.17, 15) is 17.6 Å². The number of rotatable bonds is 3. The van der Waals surface area contributed by atoms with Gasteiger partial charge >= 0.3 is 6.18 Å². The highest BCUT2D eigenvalue weighted by Gasteiger charge is 2.28. The van der Waals surface area contributed by atoms with Crippen LogP contribution in [-0.2, 0) is 0 Å². The van der Waals surface area contributed by atoms with Gasteiger partial charge in [-0.05, 0) is 29.7 Å². The Morgan fingerprint density at radius 2 is 1.70 bits per heavy atom. The van der Waals surface area contributed by atoms with E-state index in [1.54, 1.807) is 0 Å². The van der Waals surface area contributed by atoms with Gasteiger partial charge in [-0.1, -0.05) is 46.2 Å². The van der Waals surface area contributed by atoms with Crippen LogP contribution in [0.2, 0.25) is 5.02 Å². The highest BCUT2D eigenvalue weighted by Crippen LogP contribution is 2.32. The van der Waals surface area contributed by atoms with E-state index in [1.165, 1.54) is 24.4 Å². The predicted molar refractivity (Wildman–Crippen MR) is 102 cm³/mol. The molecule has 3 nitrogen and oxygen atoms in total. The Morgan fingerprint density at radius 3 is 2.22 bits per heavy atom. The van der Waals surface area contributed by atoms with E-state index in [4.69, 9.17) is 17.3 Å². The van der Waals surface area contributed by atoms with E-state index in [2.05, 4.69) is 30.5 Å². The standard InChI is InChI=1S/C13H9ClF4N2O.C4H10.C2H6/c14-9-5-11(19)10(15)4-8(9)7-1-2-20-12(3-7)21-6-13(16,17)18;1-4(2)3;1-2/h1-5H,6,19H2;4H,1-3H3;1-2H3. The zero-order chi connectivity index (χ0) is 21.2. The van der Waals surface area contributed by atoms with Crippen molar-refractivity contribution in [2.24, 2.45) is 5.92 Å². The number of nitrogen functional groups attached to an aromatic ring is 1. The minimum absolute atomic E-state index is 0.119. The molecule has 0 saturated heterocycles. The summed E-state index contributed by atoms with van der Waals surface area (Å²) in [7, 11) is 0. The third-order valence-corrected chi connectivity index (χ3v) is 2.83. The molecule has 0 spiro atoms. The summed E-state index contributed by atoms with van der Waals surface area (Å²) in [4.78, 5) is 3.65. The average molecular weight is 409 g/mol. The number of pyridine rings is 1. The number of halogens is 5. The molecule has 0 fully saturated rings. The first-order chi connectivity index (χ1) is 12.5. The molecule has 1 aromatic heterocycles. The Morgan fingerprint density at radius 1 is 1.15 bits per heavy atom. The van der Waals surface area contributed by atoms with Gasteiger partial charge in [-0.25, -0.2) is 9.37 Å². The molecule has 2 rings (SSSR count). The molecule has 27 heavy (non-hydrogen) atoms. The smallest absolute Gasteiger partial charge is 0.422 e. The number of nitrogens with zero attached hydrogens (tertiary/aromatic N) is 1. The largest absolute Gasteiger partial charge is 0.468 e. The lowest BCUT2D eigenvalue weighted by atomic mass is 10.1. The molecule has 0 bridgehead atoms. The summed E-state index contributed by atoms with van der Waals surface area (Å²) in [5.41, 5.74) is 5.90.